The summed E-state index contributed by atoms with van der Waals surface area (Å²) in [6, 6.07) is 19.2. The molecule has 0 aliphatic carbocycles. The summed E-state index contributed by atoms with van der Waals surface area (Å²) in [4.78, 5) is 0. The molecule has 0 aliphatic heterocycles. The van der Waals surface area contributed by atoms with Crippen LogP contribution in [-0.2, 0) is 6.42 Å². The van der Waals surface area contributed by atoms with Gasteiger partial charge < -0.3 is 0 Å². The standard InChI is InChI=1S/C14H14.C3H8/c1-2-12-7-6-10-14(11-12)13-8-4-3-5-9-13;1-3-2/h3-11H,2H2,1H3;3H2,1-2H3. The summed E-state index contributed by atoms with van der Waals surface area (Å²) in [7, 11) is 0. The second kappa shape index (κ2) is 7.67. The van der Waals surface area contributed by atoms with Gasteiger partial charge in [-0.3, -0.25) is 0 Å². The van der Waals surface area contributed by atoms with Crippen LogP contribution in [0.4, 0.5) is 0 Å². The van der Waals surface area contributed by atoms with Gasteiger partial charge >= 0.3 is 0 Å². The van der Waals surface area contributed by atoms with Crippen LogP contribution in [0.2, 0.25) is 0 Å². The third kappa shape index (κ3) is 4.44. The Morgan fingerprint density at radius 3 is 1.88 bits per heavy atom. The zero-order valence-corrected chi connectivity index (χ0v) is 11.1. The quantitative estimate of drug-likeness (QED) is 0.649. The first-order chi connectivity index (χ1) is 8.31. The van der Waals surface area contributed by atoms with Gasteiger partial charge in [0.1, 0.15) is 0 Å². The van der Waals surface area contributed by atoms with Crippen LogP contribution < -0.4 is 0 Å². The molecule has 2 rings (SSSR count). The zero-order chi connectivity index (χ0) is 12.5. The third-order valence-corrected chi connectivity index (χ3v) is 2.44. The molecule has 0 radical (unpaired) electrons. The van der Waals surface area contributed by atoms with Crippen molar-refractivity contribution >= 4 is 0 Å². The van der Waals surface area contributed by atoms with Crippen LogP contribution in [0.15, 0.2) is 54.6 Å². The Morgan fingerprint density at radius 2 is 1.29 bits per heavy atom. The van der Waals surface area contributed by atoms with E-state index in [1.54, 1.807) is 0 Å². The minimum atomic E-state index is 1.10. The summed E-state index contributed by atoms with van der Waals surface area (Å²) < 4.78 is 0. The molecule has 0 aromatic heterocycles. The van der Waals surface area contributed by atoms with Gasteiger partial charge in [0.05, 0.1) is 0 Å². The van der Waals surface area contributed by atoms with Gasteiger partial charge in [0.15, 0.2) is 0 Å². The van der Waals surface area contributed by atoms with Crippen LogP contribution in [0.3, 0.4) is 0 Å². The normalized spacial score (nSPS) is 9.35. The molecule has 0 N–H and O–H groups in total. The van der Waals surface area contributed by atoms with E-state index in [9.17, 15) is 0 Å². The Hall–Kier alpha value is -1.56. The Bertz CT molecular complexity index is 415. The van der Waals surface area contributed by atoms with E-state index in [0.29, 0.717) is 0 Å². The number of hydrogen-bond donors (Lipinski definition) is 0. The van der Waals surface area contributed by atoms with Crippen molar-refractivity contribution in [1.82, 2.24) is 0 Å². The highest BCUT2D eigenvalue weighted by Gasteiger charge is 1.96. The maximum absolute atomic E-state index is 2.26. The maximum atomic E-state index is 2.26. The van der Waals surface area contributed by atoms with Crippen LogP contribution in [0, 0.1) is 0 Å². The Labute approximate surface area is 105 Å². The molecule has 0 saturated heterocycles. The monoisotopic (exact) mass is 226 g/mol. The molecule has 0 bridgehead atoms. The van der Waals surface area contributed by atoms with Gasteiger partial charge in [0.25, 0.3) is 0 Å². The van der Waals surface area contributed by atoms with Crippen LogP contribution >= 0.6 is 0 Å². The lowest BCUT2D eigenvalue weighted by Crippen LogP contribution is -1.81. The minimum Gasteiger partial charge on any atom is -0.0656 e. The summed E-state index contributed by atoms with van der Waals surface area (Å²) in [5.74, 6) is 0. The van der Waals surface area contributed by atoms with Crippen molar-refractivity contribution in [2.75, 3.05) is 0 Å². The third-order valence-electron chi connectivity index (χ3n) is 2.44. The molecule has 0 nitrogen and oxygen atoms in total. The average Bonchev–Trinajstić information content (AvgIpc) is 2.41. The van der Waals surface area contributed by atoms with E-state index in [1.807, 2.05) is 6.07 Å². The Kier molecular flexibility index (Phi) is 6.09. The van der Waals surface area contributed by atoms with E-state index in [2.05, 4.69) is 69.3 Å². The predicted octanol–water partition coefficient (Wildman–Crippen LogP) is 5.33. The zero-order valence-electron chi connectivity index (χ0n) is 11.1. The molecule has 17 heavy (non-hydrogen) atoms. The highest BCUT2D eigenvalue weighted by molar-refractivity contribution is 5.63. The molecule has 0 atom stereocenters. The first-order valence-electron chi connectivity index (χ1n) is 6.46. The summed E-state index contributed by atoms with van der Waals surface area (Å²) in [6.07, 6.45) is 2.35. The van der Waals surface area contributed by atoms with Gasteiger partial charge in [0.2, 0.25) is 0 Å². The summed E-state index contributed by atoms with van der Waals surface area (Å²) in [5.41, 5.74) is 4.00. The van der Waals surface area contributed by atoms with Gasteiger partial charge in [-0.05, 0) is 23.1 Å². The van der Waals surface area contributed by atoms with Gasteiger partial charge in [-0.25, -0.2) is 0 Å². The van der Waals surface area contributed by atoms with E-state index in [1.165, 1.54) is 23.1 Å². The number of aryl methyl sites for hydroxylation is 1. The second-order valence-electron chi connectivity index (χ2n) is 4.13. The summed E-state index contributed by atoms with van der Waals surface area (Å²) >= 11 is 0. The molecule has 0 heterocycles. The van der Waals surface area contributed by atoms with E-state index in [0.717, 1.165) is 6.42 Å². The van der Waals surface area contributed by atoms with Crippen molar-refractivity contribution in [3.05, 3.63) is 60.2 Å². The molecular formula is C17H22. The van der Waals surface area contributed by atoms with Crippen molar-refractivity contribution in [3.63, 3.8) is 0 Å². The smallest absolute Gasteiger partial charge is 0.0181 e. The lowest BCUT2D eigenvalue weighted by Gasteiger charge is -2.03. The van der Waals surface area contributed by atoms with Crippen LogP contribution in [0.25, 0.3) is 11.1 Å². The average molecular weight is 226 g/mol. The first-order valence-corrected chi connectivity index (χ1v) is 6.46. The molecule has 0 amide bonds. The molecule has 90 valence electrons. The topological polar surface area (TPSA) is 0 Å². The van der Waals surface area contributed by atoms with E-state index >= 15 is 0 Å². The largest absolute Gasteiger partial charge is 0.0656 e. The van der Waals surface area contributed by atoms with Gasteiger partial charge in [-0.1, -0.05) is 81.8 Å². The van der Waals surface area contributed by atoms with Crippen LogP contribution in [0.1, 0.15) is 32.8 Å². The van der Waals surface area contributed by atoms with Crippen molar-refractivity contribution in [2.24, 2.45) is 0 Å². The molecular weight excluding hydrogens is 204 g/mol. The Balaban J connectivity index is 0.000000437. The van der Waals surface area contributed by atoms with Gasteiger partial charge in [-0.2, -0.15) is 0 Å². The molecule has 2 aromatic carbocycles. The fourth-order valence-electron chi connectivity index (χ4n) is 1.60. The van der Waals surface area contributed by atoms with E-state index in [4.69, 9.17) is 0 Å². The molecule has 0 aliphatic rings. The number of hydrogen-bond acceptors (Lipinski definition) is 0. The Morgan fingerprint density at radius 1 is 0.706 bits per heavy atom. The van der Waals surface area contributed by atoms with Gasteiger partial charge in [-0.15, -0.1) is 0 Å². The lowest BCUT2D eigenvalue weighted by molar-refractivity contribution is 1.09. The molecule has 2 aromatic rings. The highest BCUT2D eigenvalue weighted by atomic mass is 14.0. The summed E-state index contributed by atoms with van der Waals surface area (Å²) in [5, 5.41) is 0. The lowest BCUT2D eigenvalue weighted by atomic mass is 10.0. The van der Waals surface area contributed by atoms with Gasteiger partial charge in [0, 0.05) is 0 Å². The van der Waals surface area contributed by atoms with Crippen molar-refractivity contribution < 1.29 is 0 Å². The number of rotatable bonds is 2. The fourth-order valence-corrected chi connectivity index (χ4v) is 1.60. The first kappa shape index (κ1) is 13.5. The minimum absolute atomic E-state index is 1.10. The second-order valence-corrected chi connectivity index (χ2v) is 4.13. The van der Waals surface area contributed by atoms with Crippen LogP contribution in [0.5, 0.6) is 0 Å². The van der Waals surface area contributed by atoms with Crippen molar-refractivity contribution in [3.8, 4) is 11.1 Å². The number of benzene rings is 2. The van der Waals surface area contributed by atoms with E-state index < -0.39 is 0 Å². The molecule has 0 unspecified atom stereocenters. The molecule has 0 spiro atoms. The SMILES string of the molecule is CCC.CCc1cccc(-c2ccccc2)c1. The highest BCUT2D eigenvalue weighted by Crippen LogP contribution is 2.19. The fraction of sp³-hybridized carbons (Fsp3) is 0.294. The molecule has 0 fully saturated rings. The maximum Gasteiger partial charge on any atom is -0.0181 e. The predicted molar refractivity (Wildman–Crippen MR) is 77.2 cm³/mol. The summed E-state index contributed by atoms with van der Waals surface area (Å²) in [6.45, 7) is 6.43. The van der Waals surface area contributed by atoms with Crippen molar-refractivity contribution in [1.29, 1.82) is 0 Å². The molecule has 0 saturated carbocycles. The van der Waals surface area contributed by atoms with Crippen molar-refractivity contribution in [2.45, 2.75) is 33.6 Å². The molecule has 0 heteroatoms. The van der Waals surface area contributed by atoms with Crippen LogP contribution in [-0.4, -0.2) is 0 Å². The van der Waals surface area contributed by atoms with E-state index in [-0.39, 0.29) is 0 Å².